The van der Waals surface area contributed by atoms with E-state index >= 15 is 0 Å². The van der Waals surface area contributed by atoms with E-state index in [-0.39, 0.29) is 28.8 Å². The number of Topliss-reactive ketones (excluding diaryl/α,β-unsaturated/α-hetero) is 1. The first-order valence-corrected chi connectivity index (χ1v) is 10.1. The Morgan fingerprint density at radius 3 is 2.67 bits per heavy atom. The molecule has 0 aliphatic carbocycles. The SMILES string of the molecule is CS(=O)(=O)N1CCc2cc(C(=O)COc3ccc([N+](=O)[O-])cc3Cl)ccc21. The molecular formula is C17H15ClN2O6S. The molecule has 0 amide bonds. The number of ether oxygens (including phenoxy) is 1. The predicted molar refractivity (Wildman–Crippen MR) is 100 cm³/mol. The molecule has 0 bridgehead atoms. The van der Waals surface area contributed by atoms with Crippen LogP contribution in [0.5, 0.6) is 5.75 Å². The van der Waals surface area contributed by atoms with Gasteiger partial charge in [0.1, 0.15) is 5.75 Å². The lowest BCUT2D eigenvalue weighted by Gasteiger charge is -2.16. The van der Waals surface area contributed by atoms with Crippen LogP contribution >= 0.6 is 11.6 Å². The van der Waals surface area contributed by atoms with Crippen LogP contribution in [0.4, 0.5) is 11.4 Å². The second kappa shape index (κ2) is 7.16. The predicted octanol–water partition coefficient (Wildman–Crippen LogP) is 2.83. The van der Waals surface area contributed by atoms with Crippen molar-refractivity contribution in [1.29, 1.82) is 0 Å². The lowest BCUT2D eigenvalue weighted by Crippen LogP contribution is -2.27. The Bertz CT molecular complexity index is 1040. The van der Waals surface area contributed by atoms with E-state index in [1.54, 1.807) is 18.2 Å². The topological polar surface area (TPSA) is 107 Å². The van der Waals surface area contributed by atoms with Crippen LogP contribution in [0.25, 0.3) is 0 Å². The maximum absolute atomic E-state index is 12.4. The molecule has 1 aliphatic rings. The minimum atomic E-state index is -3.35. The molecule has 0 radical (unpaired) electrons. The normalized spacial score (nSPS) is 13.3. The number of rotatable bonds is 6. The number of ketones is 1. The molecule has 3 rings (SSSR count). The molecule has 2 aromatic rings. The van der Waals surface area contributed by atoms with Gasteiger partial charge in [0.05, 0.1) is 21.9 Å². The van der Waals surface area contributed by atoms with Crippen molar-refractivity contribution >= 4 is 38.8 Å². The number of fused-ring (bicyclic) bond motifs is 1. The van der Waals surface area contributed by atoms with E-state index in [0.29, 0.717) is 24.2 Å². The minimum Gasteiger partial charge on any atom is -0.484 e. The van der Waals surface area contributed by atoms with Gasteiger partial charge in [0.2, 0.25) is 10.0 Å². The zero-order valence-corrected chi connectivity index (χ0v) is 15.8. The molecule has 0 atom stereocenters. The highest BCUT2D eigenvalue weighted by atomic mass is 35.5. The average molecular weight is 411 g/mol. The Labute approximate surface area is 160 Å². The molecule has 8 nitrogen and oxygen atoms in total. The summed E-state index contributed by atoms with van der Waals surface area (Å²) in [6.07, 6.45) is 1.67. The average Bonchev–Trinajstić information content (AvgIpc) is 3.03. The third kappa shape index (κ3) is 4.04. The molecule has 0 N–H and O–H groups in total. The third-order valence-electron chi connectivity index (χ3n) is 4.14. The van der Waals surface area contributed by atoms with Crippen molar-refractivity contribution in [2.75, 3.05) is 23.7 Å². The second-order valence-corrected chi connectivity index (χ2v) is 8.33. The summed E-state index contributed by atoms with van der Waals surface area (Å²) in [5, 5.41) is 10.7. The van der Waals surface area contributed by atoms with Gasteiger partial charge < -0.3 is 4.74 Å². The van der Waals surface area contributed by atoms with Crippen LogP contribution in [0, 0.1) is 10.1 Å². The first-order chi connectivity index (χ1) is 12.7. The molecule has 0 saturated heterocycles. The highest BCUT2D eigenvalue weighted by molar-refractivity contribution is 7.92. The van der Waals surface area contributed by atoms with Gasteiger partial charge in [-0.25, -0.2) is 8.42 Å². The van der Waals surface area contributed by atoms with Crippen molar-refractivity contribution in [3.63, 3.8) is 0 Å². The highest BCUT2D eigenvalue weighted by Gasteiger charge is 2.26. The number of hydrogen-bond donors (Lipinski definition) is 0. The molecule has 2 aromatic carbocycles. The van der Waals surface area contributed by atoms with E-state index in [0.717, 1.165) is 17.9 Å². The Morgan fingerprint density at radius 2 is 2.04 bits per heavy atom. The summed E-state index contributed by atoms with van der Waals surface area (Å²) in [5.41, 5.74) is 1.57. The third-order valence-corrected chi connectivity index (χ3v) is 5.62. The maximum Gasteiger partial charge on any atom is 0.271 e. The van der Waals surface area contributed by atoms with Crippen molar-refractivity contribution in [1.82, 2.24) is 0 Å². The van der Waals surface area contributed by atoms with Gasteiger partial charge in [0.25, 0.3) is 5.69 Å². The number of benzene rings is 2. The monoisotopic (exact) mass is 410 g/mol. The zero-order valence-electron chi connectivity index (χ0n) is 14.2. The molecular weight excluding hydrogens is 396 g/mol. The molecule has 142 valence electrons. The van der Waals surface area contributed by atoms with Crippen molar-refractivity contribution < 1.29 is 22.9 Å². The molecule has 1 heterocycles. The number of nitrogens with zero attached hydrogens (tertiary/aromatic N) is 2. The van der Waals surface area contributed by atoms with Gasteiger partial charge in [0.15, 0.2) is 12.4 Å². The number of non-ortho nitro benzene ring substituents is 1. The number of anilines is 1. The molecule has 0 fully saturated rings. The Kier molecular flexibility index (Phi) is 5.07. The molecule has 0 spiro atoms. The highest BCUT2D eigenvalue weighted by Crippen LogP contribution is 2.31. The Morgan fingerprint density at radius 1 is 1.30 bits per heavy atom. The van der Waals surface area contributed by atoms with Gasteiger partial charge in [-0.3, -0.25) is 19.2 Å². The first-order valence-electron chi connectivity index (χ1n) is 7.87. The minimum absolute atomic E-state index is 0.0368. The number of carbonyl (C=O) groups is 1. The van der Waals surface area contributed by atoms with Gasteiger partial charge in [0, 0.05) is 24.2 Å². The van der Waals surface area contributed by atoms with Crippen molar-refractivity contribution in [3.8, 4) is 5.75 Å². The first kappa shape index (κ1) is 19.1. The fourth-order valence-electron chi connectivity index (χ4n) is 2.84. The maximum atomic E-state index is 12.4. The lowest BCUT2D eigenvalue weighted by molar-refractivity contribution is -0.384. The summed E-state index contributed by atoms with van der Waals surface area (Å²) < 4.78 is 30.2. The van der Waals surface area contributed by atoms with Crippen LogP contribution in [-0.4, -0.2) is 38.5 Å². The number of carbonyl (C=O) groups excluding carboxylic acids is 1. The van der Waals surface area contributed by atoms with Gasteiger partial charge in [-0.1, -0.05) is 11.6 Å². The summed E-state index contributed by atoms with van der Waals surface area (Å²) in [7, 11) is -3.35. The standard InChI is InChI=1S/C17H15ClN2O6S/c1-27(24,25)19-7-6-11-8-12(2-4-15(11)19)16(21)10-26-17-5-3-13(20(22)23)9-14(17)18/h2-5,8-9H,6-7,10H2,1H3. The van der Waals surface area contributed by atoms with Gasteiger partial charge >= 0.3 is 0 Å². The van der Waals surface area contributed by atoms with E-state index < -0.39 is 14.9 Å². The number of nitro benzene ring substituents is 1. The van der Waals surface area contributed by atoms with E-state index in [1.165, 1.54) is 16.4 Å². The van der Waals surface area contributed by atoms with E-state index in [4.69, 9.17) is 16.3 Å². The van der Waals surface area contributed by atoms with Crippen LogP contribution < -0.4 is 9.04 Å². The van der Waals surface area contributed by atoms with Crippen LogP contribution in [0.1, 0.15) is 15.9 Å². The fourth-order valence-corrected chi connectivity index (χ4v) is 4.02. The van der Waals surface area contributed by atoms with Crippen molar-refractivity contribution in [2.24, 2.45) is 0 Å². The van der Waals surface area contributed by atoms with E-state index in [1.807, 2.05) is 0 Å². The number of nitro groups is 1. The second-order valence-electron chi connectivity index (χ2n) is 6.01. The summed E-state index contributed by atoms with van der Waals surface area (Å²) in [4.78, 5) is 22.5. The summed E-state index contributed by atoms with van der Waals surface area (Å²) in [5.74, 6) is -0.148. The smallest absolute Gasteiger partial charge is 0.271 e. The zero-order chi connectivity index (χ0) is 19.8. The van der Waals surface area contributed by atoms with Crippen LogP contribution in [0.2, 0.25) is 5.02 Å². The molecule has 1 aliphatic heterocycles. The quantitative estimate of drug-likeness (QED) is 0.411. The van der Waals surface area contributed by atoms with Gasteiger partial charge in [-0.15, -0.1) is 0 Å². The van der Waals surface area contributed by atoms with E-state index in [2.05, 4.69) is 0 Å². The summed E-state index contributed by atoms with van der Waals surface area (Å²) in [6.45, 7) is 0.0484. The van der Waals surface area contributed by atoms with Gasteiger partial charge in [-0.2, -0.15) is 0 Å². The molecule has 27 heavy (non-hydrogen) atoms. The van der Waals surface area contributed by atoms with Gasteiger partial charge in [-0.05, 0) is 36.2 Å². The summed E-state index contributed by atoms with van der Waals surface area (Å²) in [6, 6.07) is 8.53. The van der Waals surface area contributed by atoms with E-state index in [9.17, 15) is 23.3 Å². The summed E-state index contributed by atoms with van der Waals surface area (Å²) >= 11 is 5.94. The van der Waals surface area contributed by atoms with Crippen LogP contribution in [-0.2, 0) is 16.4 Å². The number of hydrogen-bond acceptors (Lipinski definition) is 6. The van der Waals surface area contributed by atoms with Crippen LogP contribution in [0.15, 0.2) is 36.4 Å². The molecule has 0 unspecified atom stereocenters. The van der Waals surface area contributed by atoms with Crippen LogP contribution in [0.3, 0.4) is 0 Å². The Hall–Kier alpha value is -2.65. The molecule has 0 aromatic heterocycles. The number of halogens is 1. The molecule has 0 saturated carbocycles. The molecule has 10 heteroatoms. The van der Waals surface area contributed by atoms with Crippen molar-refractivity contribution in [3.05, 3.63) is 62.7 Å². The lowest BCUT2D eigenvalue weighted by atomic mass is 10.1. The fraction of sp³-hybridized carbons (Fsp3) is 0.235. The Balaban J connectivity index is 1.72. The largest absolute Gasteiger partial charge is 0.484 e. The number of sulfonamides is 1. The van der Waals surface area contributed by atoms with Crippen molar-refractivity contribution in [2.45, 2.75) is 6.42 Å².